The SMILES string of the molecule is CC1CC(C(=O)O)C(C(=O)Nc2cnn(C)c2)C1. The van der Waals surface area contributed by atoms with E-state index in [1.807, 2.05) is 6.92 Å². The standard InChI is InChI=1S/C12H17N3O3/c1-7-3-9(10(4-7)12(17)18)11(16)14-8-5-13-15(2)6-8/h5-7,9-10H,3-4H2,1-2H3,(H,14,16)(H,17,18). The maximum atomic E-state index is 12.1. The highest BCUT2D eigenvalue weighted by molar-refractivity contribution is 5.95. The van der Waals surface area contributed by atoms with E-state index >= 15 is 0 Å². The van der Waals surface area contributed by atoms with Gasteiger partial charge in [-0.1, -0.05) is 6.92 Å². The van der Waals surface area contributed by atoms with Gasteiger partial charge in [0.15, 0.2) is 0 Å². The Morgan fingerprint density at radius 2 is 2.11 bits per heavy atom. The third-order valence-corrected chi connectivity index (χ3v) is 3.42. The minimum Gasteiger partial charge on any atom is -0.481 e. The Hall–Kier alpha value is -1.85. The number of nitrogens with one attached hydrogen (secondary N) is 1. The molecule has 1 saturated carbocycles. The van der Waals surface area contributed by atoms with Gasteiger partial charge in [-0.2, -0.15) is 5.10 Å². The maximum absolute atomic E-state index is 12.1. The highest BCUT2D eigenvalue weighted by Crippen LogP contribution is 2.37. The first-order valence-electron chi connectivity index (χ1n) is 5.99. The molecule has 18 heavy (non-hydrogen) atoms. The molecule has 1 aliphatic rings. The number of carboxylic acid groups (broad SMARTS) is 1. The van der Waals surface area contributed by atoms with Crippen LogP contribution in [0.2, 0.25) is 0 Å². The van der Waals surface area contributed by atoms with Crippen LogP contribution in [0.1, 0.15) is 19.8 Å². The molecule has 1 aromatic rings. The fourth-order valence-electron chi connectivity index (χ4n) is 2.58. The summed E-state index contributed by atoms with van der Waals surface area (Å²) >= 11 is 0. The van der Waals surface area contributed by atoms with E-state index < -0.39 is 17.8 Å². The fourth-order valence-corrected chi connectivity index (χ4v) is 2.58. The van der Waals surface area contributed by atoms with Crippen molar-refractivity contribution >= 4 is 17.6 Å². The molecule has 1 amide bonds. The molecule has 6 nitrogen and oxygen atoms in total. The Kier molecular flexibility index (Phi) is 3.36. The highest BCUT2D eigenvalue weighted by Gasteiger charge is 2.41. The summed E-state index contributed by atoms with van der Waals surface area (Å²) in [4.78, 5) is 23.2. The number of rotatable bonds is 3. The van der Waals surface area contributed by atoms with E-state index in [1.54, 1.807) is 24.1 Å². The Balaban J connectivity index is 2.06. The number of hydrogen-bond acceptors (Lipinski definition) is 3. The van der Waals surface area contributed by atoms with Gasteiger partial charge in [0.1, 0.15) is 0 Å². The van der Waals surface area contributed by atoms with E-state index in [-0.39, 0.29) is 11.8 Å². The number of aryl methyl sites for hydroxylation is 1. The zero-order valence-electron chi connectivity index (χ0n) is 10.5. The van der Waals surface area contributed by atoms with Gasteiger partial charge in [-0.05, 0) is 18.8 Å². The van der Waals surface area contributed by atoms with Crippen molar-refractivity contribution < 1.29 is 14.7 Å². The summed E-state index contributed by atoms with van der Waals surface area (Å²) in [6, 6.07) is 0. The third kappa shape index (κ3) is 2.52. The van der Waals surface area contributed by atoms with Crippen molar-refractivity contribution in [1.82, 2.24) is 9.78 Å². The lowest BCUT2D eigenvalue weighted by molar-refractivity contribution is -0.145. The molecule has 0 radical (unpaired) electrons. The molecule has 1 aliphatic carbocycles. The van der Waals surface area contributed by atoms with Gasteiger partial charge in [0, 0.05) is 13.2 Å². The molecule has 3 atom stereocenters. The van der Waals surface area contributed by atoms with E-state index in [0.717, 1.165) is 0 Å². The quantitative estimate of drug-likeness (QED) is 0.842. The summed E-state index contributed by atoms with van der Waals surface area (Å²) in [7, 11) is 1.76. The van der Waals surface area contributed by atoms with Crippen molar-refractivity contribution in [1.29, 1.82) is 0 Å². The Bertz CT molecular complexity index is 469. The van der Waals surface area contributed by atoms with Crippen LogP contribution in [-0.4, -0.2) is 26.8 Å². The molecule has 0 saturated heterocycles. The summed E-state index contributed by atoms with van der Waals surface area (Å²) < 4.78 is 1.58. The van der Waals surface area contributed by atoms with Gasteiger partial charge in [0.25, 0.3) is 0 Å². The summed E-state index contributed by atoms with van der Waals surface area (Å²) in [6.07, 6.45) is 4.43. The maximum Gasteiger partial charge on any atom is 0.307 e. The number of carbonyl (C=O) groups is 2. The third-order valence-electron chi connectivity index (χ3n) is 3.42. The highest BCUT2D eigenvalue weighted by atomic mass is 16.4. The van der Waals surface area contributed by atoms with Crippen LogP contribution < -0.4 is 5.32 Å². The van der Waals surface area contributed by atoms with Crippen LogP contribution >= 0.6 is 0 Å². The molecular formula is C12H17N3O3. The van der Waals surface area contributed by atoms with Gasteiger partial charge in [0.2, 0.25) is 5.91 Å². The molecule has 0 spiro atoms. The summed E-state index contributed by atoms with van der Waals surface area (Å²) in [5.41, 5.74) is 0.603. The number of amides is 1. The molecule has 1 heterocycles. The van der Waals surface area contributed by atoms with Crippen molar-refractivity contribution in [3.8, 4) is 0 Å². The van der Waals surface area contributed by atoms with Crippen molar-refractivity contribution in [2.24, 2.45) is 24.8 Å². The molecule has 6 heteroatoms. The second-order valence-corrected chi connectivity index (χ2v) is 5.02. The topological polar surface area (TPSA) is 84.2 Å². The predicted octanol–water partition coefficient (Wildman–Crippen LogP) is 1.11. The van der Waals surface area contributed by atoms with E-state index in [0.29, 0.717) is 18.5 Å². The second-order valence-electron chi connectivity index (χ2n) is 5.02. The number of aromatic nitrogens is 2. The van der Waals surface area contributed by atoms with Gasteiger partial charge < -0.3 is 10.4 Å². The first-order chi connectivity index (χ1) is 8.47. The molecular weight excluding hydrogens is 234 g/mol. The van der Waals surface area contributed by atoms with Gasteiger partial charge in [-0.15, -0.1) is 0 Å². The first kappa shape index (κ1) is 12.6. The molecule has 2 rings (SSSR count). The smallest absolute Gasteiger partial charge is 0.307 e. The number of nitrogens with zero attached hydrogens (tertiary/aromatic N) is 2. The van der Waals surface area contributed by atoms with Crippen molar-refractivity contribution in [3.05, 3.63) is 12.4 Å². The molecule has 1 fully saturated rings. The Morgan fingerprint density at radius 3 is 2.67 bits per heavy atom. The zero-order valence-corrected chi connectivity index (χ0v) is 10.5. The summed E-state index contributed by atoms with van der Waals surface area (Å²) in [6.45, 7) is 1.98. The molecule has 1 aromatic heterocycles. The van der Waals surface area contributed by atoms with Crippen LogP contribution in [0.25, 0.3) is 0 Å². The lowest BCUT2D eigenvalue weighted by Crippen LogP contribution is -2.29. The summed E-state index contributed by atoms with van der Waals surface area (Å²) in [5, 5.41) is 15.8. The number of hydrogen-bond donors (Lipinski definition) is 2. The lowest BCUT2D eigenvalue weighted by Gasteiger charge is -2.14. The van der Waals surface area contributed by atoms with Crippen molar-refractivity contribution in [2.75, 3.05) is 5.32 Å². The molecule has 3 unspecified atom stereocenters. The number of carboxylic acids is 1. The molecule has 2 N–H and O–H groups in total. The van der Waals surface area contributed by atoms with Crippen molar-refractivity contribution in [3.63, 3.8) is 0 Å². The average molecular weight is 251 g/mol. The van der Waals surface area contributed by atoms with E-state index in [1.165, 1.54) is 0 Å². The minimum absolute atomic E-state index is 0.222. The summed E-state index contributed by atoms with van der Waals surface area (Å²) in [5.74, 6) is -1.85. The van der Waals surface area contributed by atoms with E-state index in [4.69, 9.17) is 5.11 Å². The Labute approximate surface area is 105 Å². The van der Waals surface area contributed by atoms with Crippen LogP contribution in [-0.2, 0) is 16.6 Å². The fraction of sp³-hybridized carbons (Fsp3) is 0.583. The zero-order chi connectivity index (χ0) is 13.3. The normalized spacial score (nSPS) is 27.1. The predicted molar refractivity (Wildman–Crippen MR) is 64.9 cm³/mol. The van der Waals surface area contributed by atoms with Gasteiger partial charge in [-0.25, -0.2) is 0 Å². The second kappa shape index (κ2) is 4.80. The largest absolute Gasteiger partial charge is 0.481 e. The van der Waals surface area contributed by atoms with E-state index in [9.17, 15) is 9.59 Å². The number of aliphatic carboxylic acids is 1. The molecule has 0 aromatic carbocycles. The van der Waals surface area contributed by atoms with Crippen molar-refractivity contribution in [2.45, 2.75) is 19.8 Å². The van der Waals surface area contributed by atoms with Crippen LogP contribution in [0.15, 0.2) is 12.4 Å². The number of anilines is 1. The van der Waals surface area contributed by atoms with Gasteiger partial charge in [-0.3, -0.25) is 14.3 Å². The minimum atomic E-state index is -0.884. The van der Waals surface area contributed by atoms with Crippen LogP contribution in [0, 0.1) is 17.8 Å². The van der Waals surface area contributed by atoms with Crippen LogP contribution in [0.5, 0.6) is 0 Å². The Morgan fingerprint density at radius 1 is 1.44 bits per heavy atom. The van der Waals surface area contributed by atoms with Gasteiger partial charge in [0.05, 0.1) is 23.7 Å². The lowest BCUT2D eigenvalue weighted by atomic mass is 9.95. The van der Waals surface area contributed by atoms with Crippen LogP contribution in [0.3, 0.4) is 0 Å². The van der Waals surface area contributed by atoms with E-state index in [2.05, 4.69) is 10.4 Å². The molecule has 0 bridgehead atoms. The molecule has 0 aliphatic heterocycles. The molecule has 98 valence electrons. The monoisotopic (exact) mass is 251 g/mol. The first-order valence-corrected chi connectivity index (χ1v) is 5.99. The average Bonchev–Trinajstić information content (AvgIpc) is 2.85. The van der Waals surface area contributed by atoms with Crippen LogP contribution in [0.4, 0.5) is 5.69 Å². The number of carbonyl (C=O) groups excluding carboxylic acids is 1. The van der Waals surface area contributed by atoms with Gasteiger partial charge >= 0.3 is 5.97 Å².